The first-order chi connectivity index (χ1) is 10.4. The van der Waals surface area contributed by atoms with Crippen molar-refractivity contribution in [3.63, 3.8) is 0 Å². The quantitative estimate of drug-likeness (QED) is 0.258. The van der Waals surface area contributed by atoms with Crippen molar-refractivity contribution >= 4 is 5.97 Å². The molecule has 0 aliphatic carbocycles. The highest BCUT2D eigenvalue weighted by molar-refractivity contribution is 5.74. The molecule has 0 N–H and O–H groups in total. The second kappa shape index (κ2) is 12.9. The van der Waals surface area contributed by atoms with Gasteiger partial charge in [-0.2, -0.15) is 0 Å². The standard InChI is InChI=1S/C19H40NO2/c1-6-8-9-10-11-12-13-14-15-16-17-18(20(3,4)5)19(21)22-7-2/h18H,6-17H2,1-5H3/q+1/t18-/m1/s1. The first-order valence-corrected chi connectivity index (χ1v) is 9.41. The maximum absolute atomic E-state index is 12.0. The van der Waals surface area contributed by atoms with Crippen LogP contribution in [0.4, 0.5) is 0 Å². The Balaban J connectivity index is 3.71. The third-order valence-corrected chi connectivity index (χ3v) is 4.32. The lowest BCUT2D eigenvalue weighted by Crippen LogP contribution is -2.50. The van der Waals surface area contributed by atoms with Gasteiger partial charge in [0.1, 0.15) is 0 Å². The number of hydrogen-bond donors (Lipinski definition) is 0. The predicted octanol–water partition coefficient (Wildman–Crippen LogP) is 4.94. The van der Waals surface area contributed by atoms with Gasteiger partial charge in [0, 0.05) is 6.42 Å². The second-order valence-corrected chi connectivity index (χ2v) is 7.35. The van der Waals surface area contributed by atoms with Gasteiger partial charge in [0.05, 0.1) is 27.7 Å². The van der Waals surface area contributed by atoms with E-state index in [0.717, 1.165) is 12.8 Å². The van der Waals surface area contributed by atoms with Crippen molar-refractivity contribution in [2.75, 3.05) is 27.7 Å². The Kier molecular flexibility index (Phi) is 12.6. The van der Waals surface area contributed by atoms with E-state index in [-0.39, 0.29) is 12.0 Å². The second-order valence-electron chi connectivity index (χ2n) is 7.35. The van der Waals surface area contributed by atoms with Crippen molar-refractivity contribution in [2.45, 2.75) is 90.5 Å². The van der Waals surface area contributed by atoms with E-state index >= 15 is 0 Å². The molecule has 0 aliphatic rings. The molecule has 0 amide bonds. The van der Waals surface area contributed by atoms with E-state index in [4.69, 9.17) is 4.74 Å². The van der Waals surface area contributed by atoms with E-state index in [9.17, 15) is 4.79 Å². The lowest BCUT2D eigenvalue weighted by atomic mass is 10.0. The highest BCUT2D eigenvalue weighted by atomic mass is 16.5. The van der Waals surface area contributed by atoms with Gasteiger partial charge in [-0.15, -0.1) is 0 Å². The fourth-order valence-electron chi connectivity index (χ4n) is 2.88. The minimum Gasteiger partial charge on any atom is -0.462 e. The van der Waals surface area contributed by atoms with Gasteiger partial charge in [-0.25, -0.2) is 4.79 Å². The minimum absolute atomic E-state index is 0.0195. The van der Waals surface area contributed by atoms with E-state index < -0.39 is 0 Å². The molecule has 22 heavy (non-hydrogen) atoms. The number of carbonyl (C=O) groups is 1. The van der Waals surface area contributed by atoms with Crippen LogP contribution in [0.3, 0.4) is 0 Å². The monoisotopic (exact) mass is 314 g/mol. The first-order valence-electron chi connectivity index (χ1n) is 9.41. The van der Waals surface area contributed by atoms with Crippen LogP contribution in [0, 0.1) is 0 Å². The van der Waals surface area contributed by atoms with Gasteiger partial charge in [-0.05, 0) is 13.3 Å². The number of esters is 1. The van der Waals surface area contributed by atoms with Crippen molar-refractivity contribution < 1.29 is 14.0 Å². The maximum atomic E-state index is 12.0. The lowest BCUT2D eigenvalue weighted by Gasteiger charge is -2.32. The summed E-state index contributed by atoms with van der Waals surface area (Å²) in [7, 11) is 6.24. The van der Waals surface area contributed by atoms with Crippen molar-refractivity contribution in [2.24, 2.45) is 0 Å². The Labute approximate surface area is 139 Å². The smallest absolute Gasteiger partial charge is 0.364 e. The summed E-state index contributed by atoms with van der Waals surface area (Å²) >= 11 is 0. The van der Waals surface area contributed by atoms with Crippen LogP contribution in [0.2, 0.25) is 0 Å². The van der Waals surface area contributed by atoms with Gasteiger partial charge < -0.3 is 9.22 Å². The SMILES string of the molecule is CCCCCCCCCCCC[C@H](C(=O)OCC)[N+](C)(C)C. The zero-order valence-electron chi connectivity index (χ0n) is 15.8. The minimum atomic E-state index is -0.0362. The van der Waals surface area contributed by atoms with Gasteiger partial charge in [0.15, 0.2) is 6.04 Å². The molecule has 0 aromatic carbocycles. The first kappa shape index (κ1) is 21.4. The van der Waals surface area contributed by atoms with Crippen LogP contribution in [-0.2, 0) is 9.53 Å². The molecule has 3 nitrogen and oxygen atoms in total. The molecule has 0 heterocycles. The summed E-state index contributed by atoms with van der Waals surface area (Å²) < 4.78 is 5.88. The molecular formula is C19H40NO2+. The van der Waals surface area contributed by atoms with Crippen LogP contribution in [0.15, 0.2) is 0 Å². The molecule has 0 unspecified atom stereocenters. The van der Waals surface area contributed by atoms with E-state index in [0.29, 0.717) is 11.1 Å². The molecule has 0 spiro atoms. The van der Waals surface area contributed by atoms with Crippen LogP contribution < -0.4 is 0 Å². The fourth-order valence-corrected chi connectivity index (χ4v) is 2.88. The number of rotatable bonds is 14. The average molecular weight is 315 g/mol. The Morgan fingerprint density at radius 3 is 1.68 bits per heavy atom. The molecule has 0 bridgehead atoms. The van der Waals surface area contributed by atoms with Crippen molar-refractivity contribution in [1.82, 2.24) is 0 Å². The molecule has 0 aromatic heterocycles. The van der Waals surface area contributed by atoms with Gasteiger partial charge >= 0.3 is 5.97 Å². The molecular weight excluding hydrogens is 274 g/mol. The maximum Gasteiger partial charge on any atom is 0.364 e. The fraction of sp³-hybridized carbons (Fsp3) is 0.947. The summed E-state index contributed by atoms with van der Waals surface area (Å²) in [5.41, 5.74) is 0. The van der Waals surface area contributed by atoms with Gasteiger partial charge in [0.2, 0.25) is 0 Å². The van der Waals surface area contributed by atoms with Crippen LogP contribution in [-0.4, -0.2) is 44.2 Å². The molecule has 132 valence electrons. The number of ether oxygens (including phenoxy) is 1. The molecule has 0 rings (SSSR count). The number of quaternary nitrogens is 1. The van der Waals surface area contributed by atoms with Gasteiger partial charge in [0.25, 0.3) is 0 Å². The zero-order valence-corrected chi connectivity index (χ0v) is 15.8. The van der Waals surface area contributed by atoms with E-state index in [2.05, 4.69) is 28.1 Å². The normalized spacial score (nSPS) is 13.1. The van der Waals surface area contributed by atoms with E-state index in [1.807, 2.05) is 6.92 Å². The number of likely N-dealkylation sites (N-methyl/N-ethyl adjacent to an activating group) is 1. The lowest BCUT2D eigenvalue weighted by molar-refractivity contribution is -0.887. The molecule has 0 saturated carbocycles. The van der Waals surface area contributed by atoms with E-state index in [1.54, 1.807) is 0 Å². The largest absolute Gasteiger partial charge is 0.462 e. The molecule has 0 saturated heterocycles. The third kappa shape index (κ3) is 11.1. The van der Waals surface area contributed by atoms with Crippen molar-refractivity contribution in [1.29, 1.82) is 0 Å². The predicted molar refractivity (Wildman–Crippen MR) is 94.9 cm³/mol. The number of carbonyl (C=O) groups excluding carboxylic acids is 1. The van der Waals surface area contributed by atoms with Crippen LogP contribution >= 0.6 is 0 Å². The molecule has 1 atom stereocenters. The summed E-state index contributed by atoms with van der Waals surface area (Å²) in [5, 5.41) is 0. The summed E-state index contributed by atoms with van der Waals surface area (Å²) in [6, 6.07) is -0.0195. The number of nitrogens with zero attached hydrogens (tertiary/aromatic N) is 1. The van der Waals surface area contributed by atoms with Crippen LogP contribution in [0.25, 0.3) is 0 Å². The van der Waals surface area contributed by atoms with Crippen LogP contribution in [0.5, 0.6) is 0 Å². The Bertz CT molecular complexity index is 271. The summed E-state index contributed by atoms with van der Waals surface area (Å²) in [6.07, 6.45) is 14.3. The molecule has 0 aromatic rings. The van der Waals surface area contributed by atoms with E-state index in [1.165, 1.54) is 57.8 Å². The highest BCUT2D eigenvalue weighted by Gasteiger charge is 2.32. The van der Waals surface area contributed by atoms with Gasteiger partial charge in [-0.3, -0.25) is 0 Å². The van der Waals surface area contributed by atoms with Crippen LogP contribution in [0.1, 0.15) is 84.5 Å². The summed E-state index contributed by atoms with van der Waals surface area (Å²) in [6.45, 7) is 4.62. The number of unbranched alkanes of at least 4 members (excludes halogenated alkanes) is 9. The average Bonchev–Trinajstić information content (AvgIpc) is 2.43. The highest BCUT2D eigenvalue weighted by Crippen LogP contribution is 2.16. The Morgan fingerprint density at radius 1 is 0.818 bits per heavy atom. The molecule has 0 aliphatic heterocycles. The molecule has 3 heteroatoms. The van der Waals surface area contributed by atoms with Gasteiger partial charge in [-0.1, -0.05) is 64.7 Å². The third-order valence-electron chi connectivity index (χ3n) is 4.32. The zero-order chi connectivity index (χ0) is 16.8. The van der Waals surface area contributed by atoms with Crippen molar-refractivity contribution in [3.05, 3.63) is 0 Å². The topological polar surface area (TPSA) is 26.3 Å². The summed E-state index contributed by atoms with van der Waals surface area (Å²) in [5.74, 6) is -0.0362. The molecule has 0 fully saturated rings. The summed E-state index contributed by atoms with van der Waals surface area (Å²) in [4.78, 5) is 12.0. The Morgan fingerprint density at radius 2 is 1.27 bits per heavy atom. The number of hydrogen-bond acceptors (Lipinski definition) is 2. The molecule has 0 radical (unpaired) electrons. The van der Waals surface area contributed by atoms with Crippen molar-refractivity contribution in [3.8, 4) is 0 Å². The Hall–Kier alpha value is -0.570.